The third kappa shape index (κ3) is 3.40. The fourth-order valence-electron chi connectivity index (χ4n) is 3.27. The molecule has 0 radical (unpaired) electrons. The molecule has 0 atom stereocenters. The Balaban J connectivity index is 2.26. The molecule has 0 saturated carbocycles. The van der Waals surface area contributed by atoms with E-state index in [4.69, 9.17) is 0 Å². The highest BCUT2D eigenvalue weighted by molar-refractivity contribution is 9.10. The van der Waals surface area contributed by atoms with Crippen molar-refractivity contribution in [3.63, 3.8) is 0 Å². The summed E-state index contributed by atoms with van der Waals surface area (Å²) in [6, 6.07) is 12.8. The average molecular weight is 398 g/mol. The number of nitrogens with zero attached hydrogens (tertiary/aromatic N) is 3. The molecule has 0 aliphatic heterocycles. The van der Waals surface area contributed by atoms with Crippen molar-refractivity contribution >= 4 is 15.9 Å². The van der Waals surface area contributed by atoms with Gasteiger partial charge in [-0.25, -0.2) is 0 Å². The fourth-order valence-corrected chi connectivity index (χ4v) is 3.67. The normalized spacial score (nSPS) is 11.3. The van der Waals surface area contributed by atoms with Gasteiger partial charge in [0.1, 0.15) is 5.82 Å². The van der Waals surface area contributed by atoms with Gasteiger partial charge in [0, 0.05) is 16.5 Å². The Morgan fingerprint density at radius 3 is 2.28 bits per heavy atom. The van der Waals surface area contributed by atoms with E-state index in [1.165, 1.54) is 22.4 Å². The molecule has 0 saturated heterocycles. The Morgan fingerprint density at radius 2 is 1.72 bits per heavy atom. The summed E-state index contributed by atoms with van der Waals surface area (Å²) in [7, 11) is 0. The van der Waals surface area contributed by atoms with Gasteiger partial charge in [-0.15, -0.1) is 10.2 Å². The summed E-state index contributed by atoms with van der Waals surface area (Å²) >= 11 is 3.56. The molecule has 25 heavy (non-hydrogen) atoms. The molecular weight excluding hydrogens is 374 g/mol. The van der Waals surface area contributed by atoms with Gasteiger partial charge in [0.2, 0.25) is 0 Å². The lowest BCUT2D eigenvalue weighted by Crippen LogP contribution is -2.07. The Bertz CT molecular complexity index is 886. The summed E-state index contributed by atoms with van der Waals surface area (Å²) in [6.07, 6.45) is 0.839. The number of hydrogen-bond acceptors (Lipinski definition) is 2. The van der Waals surface area contributed by atoms with Gasteiger partial charge in [0.15, 0.2) is 5.82 Å². The van der Waals surface area contributed by atoms with Crippen molar-refractivity contribution < 1.29 is 0 Å². The van der Waals surface area contributed by atoms with Crippen LogP contribution in [0.25, 0.3) is 17.1 Å². The van der Waals surface area contributed by atoms with Crippen LogP contribution >= 0.6 is 15.9 Å². The van der Waals surface area contributed by atoms with E-state index in [0.29, 0.717) is 5.92 Å². The van der Waals surface area contributed by atoms with E-state index in [1.807, 2.05) is 12.1 Å². The van der Waals surface area contributed by atoms with E-state index in [1.54, 1.807) is 0 Å². The predicted octanol–water partition coefficient (Wildman–Crippen LogP) is 6.00. The molecule has 3 nitrogen and oxygen atoms in total. The van der Waals surface area contributed by atoms with Gasteiger partial charge in [-0.1, -0.05) is 61.0 Å². The quantitative estimate of drug-likeness (QED) is 0.540. The molecular formula is C21H24BrN3. The fraction of sp³-hybridized carbons (Fsp3) is 0.333. The SMILES string of the molecule is CCc1nnc(-c2cccc(Br)c2)n1-c1c(C)cc(C(C)C)cc1C. The molecule has 3 rings (SSSR count). The molecule has 0 amide bonds. The van der Waals surface area contributed by atoms with Crippen molar-refractivity contribution in [3.05, 3.63) is 63.4 Å². The highest BCUT2D eigenvalue weighted by atomic mass is 79.9. The van der Waals surface area contributed by atoms with E-state index >= 15 is 0 Å². The molecule has 130 valence electrons. The first-order valence-electron chi connectivity index (χ1n) is 8.74. The second kappa shape index (κ2) is 7.12. The van der Waals surface area contributed by atoms with Gasteiger partial charge in [0.05, 0.1) is 5.69 Å². The molecule has 0 fully saturated rings. The highest BCUT2D eigenvalue weighted by Crippen LogP contribution is 2.31. The van der Waals surface area contributed by atoms with Crippen LogP contribution in [0.5, 0.6) is 0 Å². The molecule has 0 spiro atoms. The lowest BCUT2D eigenvalue weighted by molar-refractivity contribution is 0.849. The maximum atomic E-state index is 4.51. The first-order valence-corrected chi connectivity index (χ1v) is 9.53. The van der Waals surface area contributed by atoms with Gasteiger partial charge < -0.3 is 0 Å². The van der Waals surface area contributed by atoms with Crippen molar-refractivity contribution in [2.24, 2.45) is 0 Å². The number of benzene rings is 2. The average Bonchev–Trinajstić information content (AvgIpc) is 2.97. The van der Waals surface area contributed by atoms with Crippen molar-refractivity contribution in [2.45, 2.75) is 47.0 Å². The monoisotopic (exact) mass is 397 g/mol. The van der Waals surface area contributed by atoms with E-state index in [-0.39, 0.29) is 0 Å². The number of hydrogen-bond donors (Lipinski definition) is 0. The van der Waals surface area contributed by atoms with Crippen LogP contribution in [0.15, 0.2) is 40.9 Å². The number of aromatic nitrogens is 3. The highest BCUT2D eigenvalue weighted by Gasteiger charge is 2.18. The van der Waals surface area contributed by atoms with E-state index in [2.05, 4.69) is 89.6 Å². The van der Waals surface area contributed by atoms with Crippen molar-refractivity contribution in [3.8, 4) is 17.1 Å². The van der Waals surface area contributed by atoms with Crippen LogP contribution in [0.1, 0.15) is 49.2 Å². The smallest absolute Gasteiger partial charge is 0.168 e. The number of rotatable bonds is 4. The Morgan fingerprint density at radius 1 is 1.04 bits per heavy atom. The maximum absolute atomic E-state index is 4.51. The first-order chi connectivity index (χ1) is 11.9. The third-order valence-corrected chi connectivity index (χ3v) is 5.03. The van der Waals surface area contributed by atoms with Gasteiger partial charge in [-0.05, 0) is 48.6 Å². The molecule has 0 N–H and O–H groups in total. The predicted molar refractivity (Wildman–Crippen MR) is 107 cm³/mol. The van der Waals surface area contributed by atoms with Crippen LogP contribution in [0.3, 0.4) is 0 Å². The Labute approximate surface area is 158 Å². The summed E-state index contributed by atoms with van der Waals surface area (Å²) < 4.78 is 3.26. The van der Waals surface area contributed by atoms with Gasteiger partial charge >= 0.3 is 0 Å². The molecule has 0 aliphatic rings. The summed E-state index contributed by atoms with van der Waals surface area (Å²) in [5, 5.41) is 8.96. The summed E-state index contributed by atoms with van der Waals surface area (Å²) in [5.74, 6) is 2.39. The zero-order valence-corrected chi connectivity index (χ0v) is 17.1. The molecule has 4 heteroatoms. The van der Waals surface area contributed by atoms with Crippen LogP contribution in [0.2, 0.25) is 0 Å². The Hall–Kier alpha value is -1.94. The Kier molecular flexibility index (Phi) is 5.09. The zero-order chi connectivity index (χ0) is 18.1. The van der Waals surface area contributed by atoms with Crippen molar-refractivity contribution in [2.75, 3.05) is 0 Å². The molecule has 1 aromatic heterocycles. The minimum Gasteiger partial charge on any atom is -0.278 e. The minimum absolute atomic E-state index is 0.516. The van der Waals surface area contributed by atoms with Gasteiger partial charge in [0.25, 0.3) is 0 Å². The second-order valence-corrected chi connectivity index (χ2v) is 7.71. The van der Waals surface area contributed by atoms with Crippen LogP contribution < -0.4 is 0 Å². The summed E-state index contributed by atoms with van der Waals surface area (Å²) in [5.41, 5.74) is 6.15. The molecule has 0 bridgehead atoms. The molecule has 3 aromatic rings. The lowest BCUT2D eigenvalue weighted by Gasteiger charge is -2.18. The zero-order valence-electron chi connectivity index (χ0n) is 15.5. The molecule has 2 aromatic carbocycles. The minimum atomic E-state index is 0.516. The lowest BCUT2D eigenvalue weighted by atomic mass is 9.96. The van der Waals surface area contributed by atoms with E-state index in [0.717, 1.165) is 28.1 Å². The standard InChI is InChI=1S/C21H24BrN3/c1-6-19-23-24-21(16-8-7-9-18(22)12-16)25(19)20-14(4)10-17(13(2)3)11-15(20)5/h7-13H,6H2,1-5H3. The third-order valence-electron chi connectivity index (χ3n) is 4.53. The number of halogens is 1. The van der Waals surface area contributed by atoms with Gasteiger partial charge in [-0.2, -0.15) is 0 Å². The maximum Gasteiger partial charge on any atom is 0.168 e. The van der Waals surface area contributed by atoms with E-state index < -0.39 is 0 Å². The molecule has 0 aliphatic carbocycles. The topological polar surface area (TPSA) is 30.7 Å². The van der Waals surface area contributed by atoms with Crippen LogP contribution in [0, 0.1) is 13.8 Å². The number of aryl methyl sites for hydroxylation is 3. The van der Waals surface area contributed by atoms with E-state index in [9.17, 15) is 0 Å². The summed E-state index contributed by atoms with van der Waals surface area (Å²) in [6.45, 7) is 10.9. The van der Waals surface area contributed by atoms with Crippen molar-refractivity contribution in [1.29, 1.82) is 0 Å². The van der Waals surface area contributed by atoms with Gasteiger partial charge in [-0.3, -0.25) is 4.57 Å². The largest absolute Gasteiger partial charge is 0.278 e. The molecule has 1 heterocycles. The van der Waals surface area contributed by atoms with Crippen molar-refractivity contribution in [1.82, 2.24) is 14.8 Å². The second-order valence-electron chi connectivity index (χ2n) is 6.80. The molecule has 0 unspecified atom stereocenters. The van der Waals surface area contributed by atoms with Crippen LogP contribution in [-0.2, 0) is 6.42 Å². The first kappa shape index (κ1) is 17.9. The van der Waals surface area contributed by atoms with Crippen LogP contribution in [-0.4, -0.2) is 14.8 Å². The van der Waals surface area contributed by atoms with Crippen LogP contribution in [0.4, 0.5) is 0 Å². The summed E-state index contributed by atoms with van der Waals surface area (Å²) in [4.78, 5) is 0.